The number of rotatable bonds is 4. The van der Waals surface area contributed by atoms with Crippen LogP contribution >= 0.6 is 0 Å². The van der Waals surface area contributed by atoms with Crippen LogP contribution in [0.15, 0.2) is 6.07 Å². The Morgan fingerprint density at radius 2 is 2.42 bits per heavy atom. The average Bonchev–Trinajstić information content (AvgIpc) is 2.84. The number of aromatic amines is 1. The summed E-state index contributed by atoms with van der Waals surface area (Å²) in [6, 6.07) is 0.939. The Morgan fingerprint density at radius 1 is 1.68 bits per heavy atom. The van der Waals surface area contributed by atoms with Gasteiger partial charge in [-0.3, -0.25) is 15.2 Å². The van der Waals surface area contributed by atoms with Crippen LogP contribution in [0.3, 0.4) is 0 Å². The number of carbonyl (C=O) groups excluding carboxylic acids is 1. The molecule has 106 valence electrons. The normalized spacial score (nSPS) is 23.3. The largest absolute Gasteiger partial charge is 0.352 e. The first kappa shape index (κ1) is 13.9. The molecule has 2 unspecified atom stereocenters. The van der Waals surface area contributed by atoms with Gasteiger partial charge in [0, 0.05) is 24.6 Å². The first-order valence-electron chi connectivity index (χ1n) is 6.28. The van der Waals surface area contributed by atoms with E-state index < -0.39 is 24.9 Å². The summed E-state index contributed by atoms with van der Waals surface area (Å²) in [4.78, 5) is 11.8. The van der Waals surface area contributed by atoms with Crippen LogP contribution in [0.5, 0.6) is 0 Å². The van der Waals surface area contributed by atoms with Gasteiger partial charge < -0.3 is 5.32 Å². The van der Waals surface area contributed by atoms with Crippen LogP contribution < -0.4 is 10.6 Å². The molecule has 1 fully saturated rings. The smallest absolute Gasteiger partial charge is 0.262 e. The van der Waals surface area contributed by atoms with Crippen LogP contribution in [0, 0.1) is 6.92 Å². The lowest BCUT2D eigenvalue weighted by Crippen LogP contribution is -2.44. The van der Waals surface area contributed by atoms with E-state index in [0.717, 1.165) is 11.4 Å². The van der Waals surface area contributed by atoms with Crippen molar-refractivity contribution in [1.29, 1.82) is 0 Å². The van der Waals surface area contributed by atoms with E-state index in [4.69, 9.17) is 0 Å². The van der Waals surface area contributed by atoms with Crippen LogP contribution in [-0.4, -0.2) is 40.7 Å². The molecule has 1 amide bonds. The van der Waals surface area contributed by atoms with Crippen molar-refractivity contribution in [2.45, 2.75) is 44.7 Å². The molecule has 0 spiro atoms. The number of carbonyl (C=O) groups is 1. The highest BCUT2D eigenvalue weighted by Crippen LogP contribution is 2.25. The predicted octanol–water partition coefficient (Wildman–Crippen LogP) is 0.763. The molecular formula is C12H18F2N4O. The number of hydrogen-bond acceptors (Lipinski definition) is 3. The van der Waals surface area contributed by atoms with Gasteiger partial charge in [0.25, 0.3) is 5.92 Å². The number of aromatic nitrogens is 2. The van der Waals surface area contributed by atoms with Crippen molar-refractivity contribution in [2.24, 2.45) is 0 Å². The van der Waals surface area contributed by atoms with Crippen LogP contribution in [-0.2, 0) is 11.2 Å². The Labute approximate surface area is 110 Å². The zero-order valence-corrected chi connectivity index (χ0v) is 11.0. The van der Waals surface area contributed by atoms with Crippen LogP contribution in [0.2, 0.25) is 0 Å². The maximum atomic E-state index is 13.0. The average molecular weight is 272 g/mol. The number of halogens is 2. The van der Waals surface area contributed by atoms with Crippen molar-refractivity contribution < 1.29 is 13.6 Å². The molecule has 0 bridgehead atoms. The molecule has 2 heterocycles. The maximum Gasteiger partial charge on any atom is 0.262 e. The number of aryl methyl sites for hydroxylation is 1. The van der Waals surface area contributed by atoms with Crippen LogP contribution in [0.25, 0.3) is 0 Å². The minimum Gasteiger partial charge on any atom is -0.352 e. The molecular weight excluding hydrogens is 254 g/mol. The number of amides is 1. The van der Waals surface area contributed by atoms with Gasteiger partial charge in [-0.2, -0.15) is 5.10 Å². The lowest BCUT2D eigenvalue weighted by atomic mass is 10.1. The van der Waals surface area contributed by atoms with Gasteiger partial charge in [-0.25, -0.2) is 8.78 Å². The van der Waals surface area contributed by atoms with E-state index in [2.05, 4.69) is 20.8 Å². The predicted molar refractivity (Wildman–Crippen MR) is 66.0 cm³/mol. The molecule has 0 radical (unpaired) electrons. The van der Waals surface area contributed by atoms with Crippen LogP contribution in [0.1, 0.15) is 24.7 Å². The van der Waals surface area contributed by atoms with Gasteiger partial charge in [0.1, 0.15) is 0 Å². The molecule has 7 heteroatoms. The van der Waals surface area contributed by atoms with E-state index in [-0.39, 0.29) is 11.9 Å². The monoisotopic (exact) mass is 272 g/mol. The topological polar surface area (TPSA) is 69.8 Å². The Morgan fingerprint density at radius 3 is 2.95 bits per heavy atom. The van der Waals surface area contributed by atoms with Gasteiger partial charge in [-0.15, -0.1) is 0 Å². The lowest BCUT2D eigenvalue weighted by Gasteiger charge is -2.16. The summed E-state index contributed by atoms with van der Waals surface area (Å²) in [6.07, 6.45) is 0.131. The zero-order chi connectivity index (χ0) is 14.0. The zero-order valence-electron chi connectivity index (χ0n) is 11.0. The quantitative estimate of drug-likeness (QED) is 0.758. The summed E-state index contributed by atoms with van der Waals surface area (Å²) in [5, 5.41) is 12.2. The molecule has 1 aliphatic rings. The summed E-state index contributed by atoms with van der Waals surface area (Å²) in [5.41, 5.74) is 1.79. The summed E-state index contributed by atoms with van der Waals surface area (Å²) in [7, 11) is 0. The molecule has 1 aromatic heterocycles. The van der Waals surface area contributed by atoms with Crippen molar-refractivity contribution in [3.63, 3.8) is 0 Å². The fourth-order valence-corrected chi connectivity index (χ4v) is 2.19. The standard InChI is InChI=1S/C12H18F2N4O/c1-7(3-9-4-8(2)17-18-9)16-11(19)10-5-12(13,14)6-15-10/h4,7,10,15H,3,5-6H2,1-2H3,(H,16,19)(H,17,18). The summed E-state index contributed by atoms with van der Waals surface area (Å²) >= 11 is 0. The molecule has 0 aromatic carbocycles. The molecule has 1 saturated heterocycles. The van der Waals surface area contributed by atoms with E-state index in [9.17, 15) is 13.6 Å². The number of H-pyrrole nitrogens is 1. The molecule has 1 aromatic rings. The molecule has 2 rings (SSSR count). The molecule has 5 nitrogen and oxygen atoms in total. The number of nitrogens with zero attached hydrogens (tertiary/aromatic N) is 1. The number of alkyl halides is 2. The van der Waals surface area contributed by atoms with Gasteiger partial charge in [0.2, 0.25) is 5.91 Å². The SMILES string of the molecule is Cc1cc(CC(C)NC(=O)C2CC(F)(F)CN2)n[nH]1. The fourth-order valence-electron chi connectivity index (χ4n) is 2.19. The van der Waals surface area contributed by atoms with E-state index >= 15 is 0 Å². The fraction of sp³-hybridized carbons (Fsp3) is 0.667. The van der Waals surface area contributed by atoms with Gasteiger partial charge in [-0.1, -0.05) is 0 Å². The van der Waals surface area contributed by atoms with Gasteiger partial charge in [0.05, 0.1) is 18.3 Å². The first-order chi connectivity index (χ1) is 8.85. The Balaban J connectivity index is 1.82. The number of nitrogens with one attached hydrogen (secondary N) is 3. The van der Waals surface area contributed by atoms with Gasteiger partial charge in [0.15, 0.2) is 0 Å². The van der Waals surface area contributed by atoms with Crippen LogP contribution in [0.4, 0.5) is 8.78 Å². The molecule has 3 N–H and O–H groups in total. The Bertz CT molecular complexity index is 460. The molecule has 19 heavy (non-hydrogen) atoms. The third-order valence-corrected chi connectivity index (χ3v) is 3.09. The van der Waals surface area contributed by atoms with Gasteiger partial charge >= 0.3 is 0 Å². The Hall–Kier alpha value is -1.50. The summed E-state index contributed by atoms with van der Waals surface area (Å²) in [5.74, 6) is -3.16. The maximum absolute atomic E-state index is 13.0. The second kappa shape index (κ2) is 5.24. The van der Waals surface area contributed by atoms with E-state index in [1.165, 1.54) is 0 Å². The van der Waals surface area contributed by atoms with Crippen molar-refractivity contribution in [3.05, 3.63) is 17.5 Å². The van der Waals surface area contributed by atoms with E-state index in [1.807, 2.05) is 19.9 Å². The minimum atomic E-state index is -2.79. The first-order valence-corrected chi connectivity index (χ1v) is 6.28. The highest BCUT2D eigenvalue weighted by Gasteiger charge is 2.42. The molecule has 0 saturated carbocycles. The van der Waals surface area contributed by atoms with Crippen molar-refractivity contribution in [3.8, 4) is 0 Å². The second-order valence-electron chi connectivity index (χ2n) is 5.15. The van der Waals surface area contributed by atoms with Crippen molar-refractivity contribution in [1.82, 2.24) is 20.8 Å². The molecule has 0 aliphatic carbocycles. The van der Waals surface area contributed by atoms with E-state index in [1.54, 1.807) is 0 Å². The molecule has 2 atom stereocenters. The highest BCUT2D eigenvalue weighted by molar-refractivity contribution is 5.82. The summed E-state index contributed by atoms with van der Waals surface area (Å²) in [6.45, 7) is 3.29. The third kappa shape index (κ3) is 3.73. The second-order valence-corrected chi connectivity index (χ2v) is 5.15. The van der Waals surface area contributed by atoms with E-state index in [0.29, 0.717) is 6.42 Å². The van der Waals surface area contributed by atoms with Crippen molar-refractivity contribution >= 4 is 5.91 Å². The van der Waals surface area contributed by atoms with Gasteiger partial charge in [-0.05, 0) is 19.9 Å². The number of hydrogen-bond donors (Lipinski definition) is 3. The highest BCUT2D eigenvalue weighted by atomic mass is 19.3. The van der Waals surface area contributed by atoms with Crippen molar-refractivity contribution in [2.75, 3.05) is 6.54 Å². The third-order valence-electron chi connectivity index (χ3n) is 3.09. The minimum absolute atomic E-state index is 0.147. The Kier molecular flexibility index (Phi) is 3.84. The molecule has 1 aliphatic heterocycles. The lowest BCUT2D eigenvalue weighted by molar-refractivity contribution is -0.124. The summed E-state index contributed by atoms with van der Waals surface area (Å²) < 4.78 is 26.0.